The van der Waals surface area contributed by atoms with Crippen LogP contribution in [-0.2, 0) is 4.79 Å². The zero-order valence-electron chi connectivity index (χ0n) is 8.28. The van der Waals surface area contributed by atoms with Crippen molar-refractivity contribution in [2.24, 2.45) is 5.73 Å². The molecule has 1 unspecified atom stereocenters. The molecule has 4 nitrogen and oxygen atoms in total. The predicted octanol–water partition coefficient (Wildman–Crippen LogP) is 1.19. The minimum atomic E-state index is -1.39. The van der Waals surface area contributed by atoms with Gasteiger partial charge in [0.05, 0.1) is 6.42 Å². The zero-order valence-corrected chi connectivity index (χ0v) is 8.28. The smallest absolute Gasteiger partial charge is 0.304 e. The number of aliphatic carboxylic acids is 1. The number of phenolic OH excluding ortho intramolecular Hbond substituents is 1. The van der Waals surface area contributed by atoms with Crippen LogP contribution in [0.15, 0.2) is 12.1 Å². The summed E-state index contributed by atoms with van der Waals surface area (Å²) in [7, 11) is 0. The summed E-state index contributed by atoms with van der Waals surface area (Å²) in [6, 6.07) is 1.96. The summed E-state index contributed by atoms with van der Waals surface area (Å²) < 4.78 is 25.7. The average molecular weight is 231 g/mol. The van der Waals surface area contributed by atoms with E-state index in [1.807, 2.05) is 0 Å². The van der Waals surface area contributed by atoms with Crippen molar-refractivity contribution in [3.05, 3.63) is 29.3 Å². The van der Waals surface area contributed by atoms with E-state index in [9.17, 15) is 18.7 Å². The highest BCUT2D eigenvalue weighted by molar-refractivity contribution is 5.68. The maximum absolute atomic E-state index is 13.0. The van der Waals surface area contributed by atoms with E-state index in [0.717, 1.165) is 12.1 Å². The number of rotatable bonds is 4. The second kappa shape index (κ2) is 4.89. The molecule has 6 heteroatoms. The Morgan fingerprint density at radius 3 is 2.56 bits per heavy atom. The second-order valence-corrected chi connectivity index (χ2v) is 3.33. The monoisotopic (exact) mass is 231 g/mol. The third kappa shape index (κ3) is 2.46. The summed E-state index contributed by atoms with van der Waals surface area (Å²) in [5.74, 6) is -5.32. The summed E-state index contributed by atoms with van der Waals surface area (Å²) in [5.41, 5.74) is 5.32. The van der Waals surface area contributed by atoms with Gasteiger partial charge in [-0.15, -0.1) is 0 Å². The lowest BCUT2D eigenvalue weighted by atomic mass is 9.95. The van der Waals surface area contributed by atoms with Crippen molar-refractivity contribution in [3.63, 3.8) is 0 Å². The van der Waals surface area contributed by atoms with Gasteiger partial charge in [-0.2, -0.15) is 4.39 Å². The van der Waals surface area contributed by atoms with E-state index in [1.165, 1.54) is 0 Å². The Hall–Kier alpha value is -1.69. The molecule has 1 aromatic rings. The number of carboxylic acids is 1. The van der Waals surface area contributed by atoms with Gasteiger partial charge in [-0.25, -0.2) is 4.39 Å². The van der Waals surface area contributed by atoms with Gasteiger partial charge >= 0.3 is 5.97 Å². The number of nitrogens with two attached hydrogens (primary N) is 1. The van der Waals surface area contributed by atoms with E-state index in [2.05, 4.69) is 0 Å². The summed E-state index contributed by atoms with van der Waals surface area (Å²) in [5, 5.41) is 17.9. The highest BCUT2D eigenvalue weighted by Crippen LogP contribution is 2.31. The lowest BCUT2D eigenvalue weighted by molar-refractivity contribution is -0.137. The Labute approximate surface area is 90.3 Å². The molecule has 0 fully saturated rings. The molecule has 0 heterocycles. The summed E-state index contributed by atoms with van der Waals surface area (Å²) in [6.07, 6.45) is -0.352. The van der Waals surface area contributed by atoms with Crippen LogP contribution in [-0.4, -0.2) is 22.7 Å². The molecule has 0 saturated heterocycles. The highest BCUT2D eigenvalue weighted by Gasteiger charge is 2.21. The molecule has 0 radical (unpaired) electrons. The minimum Gasteiger partial charge on any atom is -0.505 e. The zero-order chi connectivity index (χ0) is 12.3. The van der Waals surface area contributed by atoms with Gasteiger partial charge in [0.15, 0.2) is 11.6 Å². The maximum atomic E-state index is 13.0. The van der Waals surface area contributed by atoms with E-state index in [-0.39, 0.29) is 18.5 Å². The lowest BCUT2D eigenvalue weighted by Crippen LogP contribution is -2.16. The molecule has 16 heavy (non-hydrogen) atoms. The molecule has 1 atom stereocenters. The second-order valence-electron chi connectivity index (χ2n) is 3.33. The quantitative estimate of drug-likeness (QED) is 0.726. The van der Waals surface area contributed by atoms with Crippen molar-refractivity contribution in [2.75, 3.05) is 6.54 Å². The number of carbonyl (C=O) groups is 1. The van der Waals surface area contributed by atoms with Crippen LogP contribution in [0.5, 0.6) is 5.75 Å². The van der Waals surface area contributed by atoms with Gasteiger partial charge in [0.2, 0.25) is 5.82 Å². The molecular weight excluding hydrogens is 220 g/mol. The molecule has 0 aliphatic heterocycles. The molecule has 0 bridgehead atoms. The fraction of sp³-hybridized carbons (Fsp3) is 0.300. The van der Waals surface area contributed by atoms with Crippen LogP contribution in [0.3, 0.4) is 0 Å². The fourth-order valence-corrected chi connectivity index (χ4v) is 1.42. The van der Waals surface area contributed by atoms with Gasteiger partial charge in [-0.3, -0.25) is 4.79 Å². The van der Waals surface area contributed by atoms with Gasteiger partial charge in [0.25, 0.3) is 0 Å². The Balaban J connectivity index is 3.11. The van der Waals surface area contributed by atoms with Crippen molar-refractivity contribution < 1.29 is 23.8 Å². The van der Waals surface area contributed by atoms with E-state index in [0.29, 0.717) is 0 Å². The van der Waals surface area contributed by atoms with Crippen molar-refractivity contribution in [1.82, 2.24) is 0 Å². The maximum Gasteiger partial charge on any atom is 0.304 e. The molecule has 1 rings (SSSR count). The molecule has 0 aliphatic rings. The first-order chi connectivity index (χ1) is 7.47. The first-order valence-electron chi connectivity index (χ1n) is 4.56. The lowest BCUT2D eigenvalue weighted by Gasteiger charge is -2.14. The Morgan fingerprint density at radius 1 is 1.44 bits per heavy atom. The van der Waals surface area contributed by atoms with Crippen molar-refractivity contribution in [2.45, 2.75) is 12.3 Å². The van der Waals surface area contributed by atoms with Crippen molar-refractivity contribution in [1.29, 1.82) is 0 Å². The molecule has 0 aliphatic carbocycles. The first-order valence-corrected chi connectivity index (χ1v) is 4.56. The molecule has 0 aromatic heterocycles. The van der Waals surface area contributed by atoms with Crippen LogP contribution in [0.25, 0.3) is 0 Å². The molecule has 4 N–H and O–H groups in total. The first kappa shape index (κ1) is 12.4. The van der Waals surface area contributed by atoms with Gasteiger partial charge in [0, 0.05) is 11.5 Å². The predicted molar refractivity (Wildman–Crippen MR) is 52.1 cm³/mol. The van der Waals surface area contributed by atoms with Crippen LogP contribution in [0.4, 0.5) is 8.78 Å². The van der Waals surface area contributed by atoms with Crippen molar-refractivity contribution in [3.8, 4) is 5.75 Å². The largest absolute Gasteiger partial charge is 0.505 e. The highest BCUT2D eigenvalue weighted by atomic mass is 19.2. The Kier molecular flexibility index (Phi) is 3.78. The van der Waals surface area contributed by atoms with Crippen molar-refractivity contribution >= 4 is 5.97 Å². The summed E-state index contributed by atoms with van der Waals surface area (Å²) in [6.45, 7) is -0.0784. The number of aromatic hydroxyl groups is 1. The van der Waals surface area contributed by atoms with Gasteiger partial charge in [-0.05, 0) is 12.6 Å². The van der Waals surface area contributed by atoms with Gasteiger partial charge < -0.3 is 15.9 Å². The van der Waals surface area contributed by atoms with Crippen LogP contribution >= 0.6 is 0 Å². The standard InChI is InChI=1S/C10H11F2NO3/c11-7-2-1-6(10(16)9(7)12)5(4-13)3-8(14)15/h1-2,5,16H,3-4,13H2,(H,14,15). The fourth-order valence-electron chi connectivity index (χ4n) is 1.42. The van der Waals surface area contributed by atoms with Crippen LogP contribution in [0.2, 0.25) is 0 Å². The third-order valence-electron chi connectivity index (χ3n) is 2.25. The number of carboxylic acid groups (broad SMARTS) is 1. The van der Waals surface area contributed by atoms with E-state index >= 15 is 0 Å². The Morgan fingerprint density at radius 2 is 2.06 bits per heavy atom. The molecule has 1 aromatic carbocycles. The van der Waals surface area contributed by atoms with E-state index in [1.54, 1.807) is 0 Å². The summed E-state index contributed by atoms with van der Waals surface area (Å²) in [4.78, 5) is 10.5. The van der Waals surface area contributed by atoms with Gasteiger partial charge in [-0.1, -0.05) is 6.07 Å². The normalized spacial score (nSPS) is 12.4. The number of phenols is 1. The number of halogens is 2. The topological polar surface area (TPSA) is 83.6 Å². The number of hydrogen-bond donors (Lipinski definition) is 3. The molecule has 0 saturated carbocycles. The third-order valence-corrected chi connectivity index (χ3v) is 2.25. The molecular formula is C10H11F2NO3. The molecule has 88 valence electrons. The minimum absolute atomic E-state index is 0.00352. The molecule has 0 spiro atoms. The van der Waals surface area contributed by atoms with Crippen LogP contribution in [0, 0.1) is 11.6 Å². The van der Waals surface area contributed by atoms with Crippen LogP contribution < -0.4 is 5.73 Å². The van der Waals surface area contributed by atoms with E-state index < -0.39 is 29.3 Å². The molecule has 0 amide bonds. The van der Waals surface area contributed by atoms with E-state index in [4.69, 9.17) is 10.8 Å². The Bertz CT molecular complexity index is 409. The average Bonchev–Trinajstić information content (AvgIpc) is 2.23. The number of hydrogen-bond acceptors (Lipinski definition) is 3. The van der Waals surface area contributed by atoms with Crippen LogP contribution in [0.1, 0.15) is 17.9 Å². The summed E-state index contributed by atoms with van der Waals surface area (Å²) >= 11 is 0. The number of benzene rings is 1. The SMILES string of the molecule is NCC(CC(=O)O)c1ccc(F)c(F)c1O. The van der Waals surface area contributed by atoms with Gasteiger partial charge in [0.1, 0.15) is 0 Å².